The van der Waals surface area contributed by atoms with E-state index in [0.29, 0.717) is 21.9 Å². The van der Waals surface area contributed by atoms with Crippen LogP contribution in [0.3, 0.4) is 0 Å². The van der Waals surface area contributed by atoms with Gasteiger partial charge < -0.3 is 9.15 Å². The smallest absolute Gasteiger partial charge is 0.346 e. The lowest BCUT2D eigenvalue weighted by Gasteiger charge is -2.07. The number of ether oxygens (including phenoxy) is 1. The van der Waals surface area contributed by atoms with Gasteiger partial charge in [-0.2, -0.15) is 0 Å². The minimum Gasteiger partial charge on any atom is -0.426 e. The Morgan fingerprint density at radius 1 is 1.14 bits per heavy atom. The average molecular weight is 470 g/mol. The first-order valence-corrected chi connectivity index (χ1v) is 10.6. The molecule has 2 heterocycles. The van der Waals surface area contributed by atoms with Crippen molar-refractivity contribution in [3.8, 4) is 27.6 Å². The number of fused-ring (bicyclic) bond motifs is 1. The van der Waals surface area contributed by atoms with Gasteiger partial charge in [-0.3, -0.25) is 4.79 Å². The van der Waals surface area contributed by atoms with Gasteiger partial charge >= 0.3 is 11.6 Å². The Balaban J connectivity index is 1.68. The van der Waals surface area contributed by atoms with Crippen LogP contribution >= 0.6 is 27.3 Å². The Bertz CT molecular complexity index is 1260. The molecule has 7 heteroatoms. The summed E-state index contributed by atoms with van der Waals surface area (Å²) >= 11 is 4.81. The largest absolute Gasteiger partial charge is 0.426 e. The van der Waals surface area contributed by atoms with Crippen molar-refractivity contribution in [3.05, 3.63) is 68.8 Å². The van der Waals surface area contributed by atoms with E-state index in [0.717, 1.165) is 21.1 Å². The monoisotopic (exact) mass is 469 g/mol. The van der Waals surface area contributed by atoms with E-state index in [4.69, 9.17) is 9.15 Å². The highest BCUT2D eigenvalue weighted by molar-refractivity contribution is 9.10. The Morgan fingerprint density at radius 2 is 1.90 bits per heavy atom. The Labute approximate surface area is 179 Å². The maximum absolute atomic E-state index is 12.6. The van der Waals surface area contributed by atoms with Gasteiger partial charge in [-0.15, -0.1) is 11.3 Å². The van der Waals surface area contributed by atoms with Crippen molar-refractivity contribution in [2.24, 2.45) is 5.92 Å². The van der Waals surface area contributed by atoms with E-state index in [1.165, 1.54) is 11.3 Å². The van der Waals surface area contributed by atoms with Crippen molar-refractivity contribution >= 4 is 44.2 Å². The van der Waals surface area contributed by atoms with Gasteiger partial charge in [0.15, 0.2) is 0 Å². The second-order valence-corrected chi connectivity index (χ2v) is 8.54. The first-order chi connectivity index (χ1) is 13.9. The lowest BCUT2D eigenvalue weighted by molar-refractivity contribution is -0.137. The van der Waals surface area contributed by atoms with Crippen LogP contribution in [0.15, 0.2) is 67.6 Å². The van der Waals surface area contributed by atoms with E-state index in [-0.39, 0.29) is 11.9 Å². The molecule has 0 aliphatic rings. The number of halogens is 1. The summed E-state index contributed by atoms with van der Waals surface area (Å²) in [6.45, 7) is 3.51. The number of benzene rings is 2. The highest BCUT2D eigenvalue weighted by Crippen LogP contribution is 2.30. The quantitative estimate of drug-likeness (QED) is 0.211. The molecule has 0 aliphatic heterocycles. The Hall–Kier alpha value is -2.77. The number of thiazole rings is 1. The number of esters is 1. The van der Waals surface area contributed by atoms with Gasteiger partial charge in [-0.1, -0.05) is 41.9 Å². The molecule has 146 valence electrons. The maximum atomic E-state index is 12.6. The van der Waals surface area contributed by atoms with Gasteiger partial charge in [0, 0.05) is 26.9 Å². The number of carbonyl (C=O) groups excluding carboxylic acids is 1. The molecule has 0 saturated carbocycles. The van der Waals surface area contributed by atoms with E-state index >= 15 is 0 Å². The molecule has 0 aliphatic carbocycles. The molecule has 0 radical (unpaired) electrons. The van der Waals surface area contributed by atoms with Gasteiger partial charge in [0.1, 0.15) is 16.3 Å². The molecule has 0 spiro atoms. The van der Waals surface area contributed by atoms with Gasteiger partial charge in [0.2, 0.25) is 0 Å². The van der Waals surface area contributed by atoms with E-state index < -0.39 is 5.63 Å². The predicted octanol–water partition coefficient (Wildman–Crippen LogP) is 5.91. The van der Waals surface area contributed by atoms with Crippen molar-refractivity contribution in [3.63, 3.8) is 0 Å². The second-order valence-electron chi connectivity index (χ2n) is 6.77. The first kappa shape index (κ1) is 19.5. The van der Waals surface area contributed by atoms with Crippen LogP contribution in [0.5, 0.6) is 5.75 Å². The SMILES string of the molecule is CC(C)C(=O)Oc1ccc2cc(-c3nc(-c4ccc(Br)cc4)cs3)c(=O)oc2c1. The summed E-state index contributed by atoms with van der Waals surface area (Å²) in [5, 5.41) is 3.23. The molecule has 0 atom stereocenters. The second kappa shape index (κ2) is 7.93. The van der Waals surface area contributed by atoms with E-state index in [1.807, 2.05) is 29.6 Å². The number of aromatic nitrogens is 1. The minimum absolute atomic E-state index is 0.245. The molecular formula is C22H16BrNO4S. The Kier molecular flexibility index (Phi) is 5.34. The average Bonchev–Trinajstić information content (AvgIpc) is 3.17. The van der Waals surface area contributed by atoms with Crippen LogP contribution in [-0.4, -0.2) is 11.0 Å². The zero-order valence-corrected chi connectivity index (χ0v) is 18.0. The number of carbonyl (C=O) groups is 1. The van der Waals surface area contributed by atoms with Crippen molar-refractivity contribution in [1.82, 2.24) is 4.98 Å². The third kappa shape index (κ3) is 4.16. The summed E-state index contributed by atoms with van der Waals surface area (Å²) in [7, 11) is 0. The van der Waals surface area contributed by atoms with Crippen LogP contribution in [0.1, 0.15) is 13.8 Å². The van der Waals surface area contributed by atoms with Crippen LogP contribution in [0, 0.1) is 5.92 Å². The zero-order valence-electron chi connectivity index (χ0n) is 15.6. The highest BCUT2D eigenvalue weighted by atomic mass is 79.9. The predicted molar refractivity (Wildman–Crippen MR) is 117 cm³/mol. The fraction of sp³-hybridized carbons (Fsp3) is 0.136. The lowest BCUT2D eigenvalue weighted by atomic mass is 10.1. The summed E-state index contributed by atoms with van der Waals surface area (Å²) < 4.78 is 11.8. The fourth-order valence-corrected chi connectivity index (χ4v) is 3.79. The highest BCUT2D eigenvalue weighted by Gasteiger charge is 2.15. The first-order valence-electron chi connectivity index (χ1n) is 8.92. The van der Waals surface area contributed by atoms with Gasteiger partial charge in [0.25, 0.3) is 0 Å². The molecule has 4 rings (SSSR count). The van der Waals surface area contributed by atoms with Crippen molar-refractivity contribution in [2.75, 3.05) is 0 Å². The number of rotatable bonds is 4. The Morgan fingerprint density at radius 3 is 2.62 bits per heavy atom. The number of nitrogens with zero attached hydrogens (tertiary/aromatic N) is 1. The summed E-state index contributed by atoms with van der Waals surface area (Å²) in [5.74, 6) is -0.240. The van der Waals surface area contributed by atoms with Gasteiger partial charge in [-0.05, 0) is 30.3 Å². The molecule has 0 N–H and O–H groups in total. The van der Waals surface area contributed by atoms with E-state index in [1.54, 1.807) is 38.1 Å². The third-order valence-corrected chi connectivity index (χ3v) is 5.68. The maximum Gasteiger partial charge on any atom is 0.346 e. The number of hydrogen-bond acceptors (Lipinski definition) is 6. The van der Waals surface area contributed by atoms with Crippen LogP contribution in [0.4, 0.5) is 0 Å². The molecule has 4 aromatic rings. The fourth-order valence-electron chi connectivity index (χ4n) is 2.69. The van der Waals surface area contributed by atoms with Crippen molar-refractivity contribution < 1.29 is 13.9 Å². The molecular weight excluding hydrogens is 454 g/mol. The summed E-state index contributed by atoms with van der Waals surface area (Å²) in [5.41, 5.74) is 2.04. The topological polar surface area (TPSA) is 69.4 Å². The van der Waals surface area contributed by atoms with Crippen LogP contribution < -0.4 is 10.4 Å². The molecule has 0 saturated heterocycles. The van der Waals surface area contributed by atoms with Crippen molar-refractivity contribution in [1.29, 1.82) is 0 Å². The number of hydrogen-bond donors (Lipinski definition) is 0. The van der Waals surface area contributed by atoms with Crippen molar-refractivity contribution in [2.45, 2.75) is 13.8 Å². The van der Waals surface area contributed by atoms with Gasteiger partial charge in [0.05, 0.1) is 17.2 Å². The van der Waals surface area contributed by atoms with Crippen LogP contribution in [-0.2, 0) is 4.79 Å². The molecule has 2 aromatic heterocycles. The zero-order chi connectivity index (χ0) is 20.5. The van der Waals surface area contributed by atoms with E-state index in [9.17, 15) is 9.59 Å². The molecule has 5 nitrogen and oxygen atoms in total. The van der Waals surface area contributed by atoms with Crippen LogP contribution in [0.2, 0.25) is 0 Å². The molecule has 0 bridgehead atoms. The lowest BCUT2D eigenvalue weighted by Crippen LogP contribution is -2.14. The molecule has 0 unspecified atom stereocenters. The van der Waals surface area contributed by atoms with Crippen LogP contribution in [0.25, 0.3) is 32.8 Å². The summed E-state index contributed by atoms with van der Waals surface area (Å²) in [4.78, 5) is 28.9. The molecule has 0 amide bonds. The molecule has 29 heavy (non-hydrogen) atoms. The minimum atomic E-state index is -0.485. The third-order valence-electron chi connectivity index (χ3n) is 4.27. The van der Waals surface area contributed by atoms with E-state index in [2.05, 4.69) is 20.9 Å². The molecule has 0 fully saturated rings. The standard InChI is InChI=1S/C22H16BrNO4S/c1-12(2)21(25)27-16-8-5-14-9-17(22(26)28-19(14)10-16)20-24-18(11-29-20)13-3-6-15(23)7-4-13/h3-12H,1-2H3. The normalized spacial score (nSPS) is 11.2. The summed E-state index contributed by atoms with van der Waals surface area (Å²) in [6, 6.07) is 14.6. The molecule has 2 aromatic carbocycles. The van der Waals surface area contributed by atoms with Gasteiger partial charge in [-0.25, -0.2) is 9.78 Å². The summed E-state index contributed by atoms with van der Waals surface area (Å²) in [6.07, 6.45) is 0.